The van der Waals surface area contributed by atoms with Crippen molar-refractivity contribution in [1.82, 2.24) is 14.4 Å². The third-order valence-corrected chi connectivity index (χ3v) is 7.99. The van der Waals surface area contributed by atoms with Gasteiger partial charge in [0.2, 0.25) is 0 Å². The molecule has 6 rings (SSSR count). The normalized spacial score (nSPS) is 17.3. The van der Waals surface area contributed by atoms with Crippen LogP contribution >= 0.6 is 11.3 Å². The molecule has 1 aliphatic heterocycles. The van der Waals surface area contributed by atoms with Crippen LogP contribution in [0.15, 0.2) is 60.3 Å². The summed E-state index contributed by atoms with van der Waals surface area (Å²) in [5.74, 6) is -1.90. The van der Waals surface area contributed by atoms with E-state index in [1.807, 2.05) is 55.6 Å². The molecular formula is C29H24N4O4S. The number of carbonyl (C=O) groups excluding carboxylic acids is 2. The molecule has 1 saturated heterocycles. The van der Waals surface area contributed by atoms with Crippen molar-refractivity contribution >= 4 is 49.8 Å². The van der Waals surface area contributed by atoms with Crippen LogP contribution in [0, 0.1) is 27.7 Å². The third-order valence-electron chi connectivity index (χ3n) is 6.99. The molecule has 0 aliphatic carbocycles. The van der Waals surface area contributed by atoms with Gasteiger partial charge < -0.3 is 14.6 Å². The minimum Gasteiger partial charge on any atom is -0.508 e. The van der Waals surface area contributed by atoms with Gasteiger partial charge in [-0.2, -0.15) is 0 Å². The number of aromatic nitrogens is 3. The Balaban J connectivity index is 1.60. The van der Waals surface area contributed by atoms with Crippen molar-refractivity contribution in [3.63, 3.8) is 0 Å². The van der Waals surface area contributed by atoms with E-state index in [4.69, 9.17) is 4.98 Å². The first-order valence-electron chi connectivity index (χ1n) is 12.1. The van der Waals surface area contributed by atoms with Gasteiger partial charge in [0.25, 0.3) is 5.78 Å². The van der Waals surface area contributed by atoms with E-state index in [1.165, 1.54) is 28.4 Å². The minimum absolute atomic E-state index is 0.0449. The molecule has 1 atom stereocenters. The van der Waals surface area contributed by atoms with Crippen molar-refractivity contribution in [3.8, 4) is 5.75 Å². The molecular weight excluding hydrogens is 500 g/mol. The van der Waals surface area contributed by atoms with Gasteiger partial charge in [-0.15, -0.1) is 0 Å². The summed E-state index contributed by atoms with van der Waals surface area (Å²) in [6.07, 6.45) is 1.84. The van der Waals surface area contributed by atoms with E-state index in [-0.39, 0.29) is 22.8 Å². The molecule has 38 heavy (non-hydrogen) atoms. The number of phenols is 1. The Morgan fingerprint density at radius 1 is 0.974 bits per heavy atom. The summed E-state index contributed by atoms with van der Waals surface area (Å²) in [5.41, 5.74) is 5.71. The van der Waals surface area contributed by atoms with E-state index >= 15 is 0 Å². The number of Topliss-reactive ketones (excluding diaryl/α,β-unsaturated/α-hetero) is 1. The van der Waals surface area contributed by atoms with Gasteiger partial charge in [0.1, 0.15) is 17.1 Å². The molecule has 0 saturated carbocycles. The van der Waals surface area contributed by atoms with E-state index in [0.29, 0.717) is 22.0 Å². The van der Waals surface area contributed by atoms with Crippen LogP contribution in [0.2, 0.25) is 0 Å². The number of thiazole rings is 1. The van der Waals surface area contributed by atoms with Crippen molar-refractivity contribution in [3.05, 3.63) is 93.9 Å². The largest absolute Gasteiger partial charge is 0.508 e. The topological polar surface area (TPSA) is 108 Å². The third kappa shape index (κ3) is 3.50. The Bertz CT molecular complexity index is 1830. The van der Waals surface area contributed by atoms with Gasteiger partial charge in [-0.05, 0) is 74.2 Å². The van der Waals surface area contributed by atoms with E-state index in [1.54, 1.807) is 19.1 Å². The number of carbonyl (C=O) groups is 2. The SMILES string of the molecule is Cc1cc(C)c2nc(N3C(=O)C(=O)/C(=C(/O)c4nc5c(C)cccn5c4C)C3c3ccc(O)cc3)sc2c1. The average molecular weight is 525 g/mol. The molecule has 9 heteroatoms. The standard InChI is InChI=1S/C29H24N4O4S/c1-14-12-16(3)22-20(13-14)38-29(31-22)33-24(18-7-9-19(34)10-8-18)21(26(36)28(33)37)25(35)23-17(4)32-11-5-6-15(2)27(32)30-23/h5-13,24,34-35H,1-4H3/b25-21+. The lowest BCUT2D eigenvalue weighted by atomic mass is 9.96. The number of benzene rings is 2. The van der Waals surface area contributed by atoms with Crippen molar-refractivity contribution in [2.45, 2.75) is 33.7 Å². The number of fused-ring (bicyclic) bond motifs is 2. The number of amides is 1. The second kappa shape index (κ2) is 8.53. The highest BCUT2D eigenvalue weighted by Gasteiger charge is 2.48. The van der Waals surface area contributed by atoms with Gasteiger partial charge >= 0.3 is 5.91 Å². The van der Waals surface area contributed by atoms with Crippen molar-refractivity contribution in [2.24, 2.45) is 0 Å². The number of imidazole rings is 1. The zero-order valence-electron chi connectivity index (χ0n) is 21.2. The number of ketones is 1. The van der Waals surface area contributed by atoms with E-state index in [0.717, 1.165) is 26.9 Å². The summed E-state index contributed by atoms with van der Waals surface area (Å²) >= 11 is 1.32. The maximum atomic E-state index is 13.6. The number of phenolic OH excluding ortho intramolecular Hbond substituents is 1. The molecule has 8 nitrogen and oxygen atoms in total. The molecule has 4 heterocycles. The zero-order chi connectivity index (χ0) is 26.9. The Morgan fingerprint density at radius 3 is 2.42 bits per heavy atom. The van der Waals surface area contributed by atoms with Gasteiger partial charge in [-0.3, -0.25) is 14.5 Å². The number of pyridine rings is 1. The molecule has 1 aliphatic rings. The monoisotopic (exact) mass is 524 g/mol. The number of aromatic hydroxyl groups is 1. The number of rotatable bonds is 3. The predicted octanol–water partition coefficient (Wildman–Crippen LogP) is 5.51. The highest BCUT2D eigenvalue weighted by Crippen LogP contribution is 2.45. The number of anilines is 1. The molecule has 5 aromatic rings. The van der Waals surface area contributed by atoms with E-state index in [2.05, 4.69) is 4.98 Å². The molecule has 1 fully saturated rings. The Hall–Kier alpha value is -4.50. The summed E-state index contributed by atoms with van der Waals surface area (Å²) in [7, 11) is 0. The number of hydrogen-bond acceptors (Lipinski definition) is 7. The molecule has 1 unspecified atom stereocenters. The maximum absolute atomic E-state index is 13.6. The molecule has 2 aromatic carbocycles. The van der Waals surface area contributed by atoms with Crippen LogP contribution in [0.3, 0.4) is 0 Å². The fourth-order valence-corrected chi connectivity index (χ4v) is 6.31. The first kappa shape index (κ1) is 23.9. The van der Waals surface area contributed by atoms with Crippen LogP contribution < -0.4 is 4.90 Å². The second-order valence-electron chi connectivity index (χ2n) is 9.62. The molecule has 0 spiro atoms. The van der Waals surface area contributed by atoms with Crippen LogP contribution in [0.4, 0.5) is 5.13 Å². The smallest absolute Gasteiger partial charge is 0.301 e. The van der Waals surface area contributed by atoms with E-state index in [9.17, 15) is 19.8 Å². The van der Waals surface area contributed by atoms with Crippen molar-refractivity contribution in [1.29, 1.82) is 0 Å². The molecule has 1 amide bonds. The van der Waals surface area contributed by atoms with Gasteiger partial charge in [-0.1, -0.05) is 35.6 Å². The minimum atomic E-state index is -0.956. The molecule has 3 aromatic heterocycles. The van der Waals surface area contributed by atoms with Crippen LogP contribution in [0.1, 0.15) is 39.7 Å². The Kier molecular flexibility index (Phi) is 5.36. The number of nitrogens with zero attached hydrogens (tertiary/aromatic N) is 4. The van der Waals surface area contributed by atoms with Gasteiger partial charge in [0.05, 0.1) is 27.5 Å². The quantitative estimate of drug-likeness (QED) is 0.183. The summed E-state index contributed by atoms with van der Waals surface area (Å²) in [4.78, 5) is 37.9. The maximum Gasteiger partial charge on any atom is 0.301 e. The molecule has 0 radical (unpaired) electrons. The molecule has 0 bridgehead atoms. The van der Waals surface area contributed by atoms with Crippen LogP contribution in [0.5, 0.6) is 5.75 Å². The first-order valence-corrected chi connectivity index (χ1v) is 12.9. The van der Waals surface area contributed by atoms with Gasteiger partial charge in [-0.25, -0.2) is 9.97 Å². The fourth-order valence-electron chi connectivity index (χ4n) is 5.14. The number of hydrogen-bond donors (Lipinski definition) is 2. The Labute approximate surface area is 222 Å². The summed E-state index contributed by atoms with van der Waals surface area (Å²) in [5, 5.41) is 21.8. The molecule has 2 N–H and O–H groups in total. The summed E-state index contributed by atoms with van der Waals surface area (Å²) < 4.78 is 2.74. The zero-order valence-corrected chi connectivity index (χ0v) is 22.0. The number of aliphatic hydroxyl groups is 1. The lowest BCUT2D eigenvalue weighted by molar-refractivity contribution is -0.132. The van der Waals surface area contributed by atoms with Gasteiger partial charge in [0, 0.05) is 6.20 Å². The predicted molar refractivity (Wildman–Crippen MR) is 147 cm³/mol. The van der Waals surface area contributed by atoms with Crippen molar-refractivity contribution < 1.29 is 19.8 Å². The second-order valence-corrected chi connectivity index (χ2v) is 10.6. The van der Waals surface area contributed by atoms with Crippen LogP contribution in [-0.4, -0.2) is 36.3 Å². The average Bonchev–Trinajstić information content (AvgIpc) is 3.53. The lowest BCUT2D eigenvalue weighted by Gasteiger charge is -2.22. The van der Waals surface area contributed by atoms with E-state index < -0.39 is 17.7 Å². The lowest BCUT2D eigenvalue weighted by Crippen LogP contribution is -2.29. The van der Waals surface area contributed by atoms with Crippen molar-refractivity contribution in [2.75, 3.05) is 4.90 Å². The summed E-state index contributed by atoms with van der Waals surface area (Å²) in [6.45, 7) is 7.67. The van der Waals surface area contributed by atoms with Gasteiger partial charge in [0.15, 0.2) is 10.9 Å². The highest BCUT2D eigenvalue weighted by molar-refractivity contribution is 7.22. The van der Waals surface area contributed by atoms with Crippen LogP contribution in [-0.2, 0) is 9.59 Å². The fraction of sp³-hybridized carbons (Fsp3) is 0.172. The summed E-state index contributed by atoms with van der Waals surface area (Å²) in [6, 6.07) is 13.1. The first-order chi connectivity index (χ1) is 18.2. The number of aryl methyl sites for hydroxylation is 4. The highest BCUT2D eigenvalue weighted by atomic mass is 32.1. The number of aliphatic hydroxyl groups excluding tert-OH is 1. The molecule has 190 valence electrons. The van der Waals surface area contributed by atoms with Crippen LogP contribution in [0.25, 0.3) is 21.6 Å². The Morgan fingerprint density at radius 2 is 1.71 bits per heavy atom.